The van der Waals surface area contributed by atoms with Gasteiger partial charge in [-0.15, -0.1) is 0 Å². The third-order valence-corrected chi connectivity index (χ3v) is 2.65. The van der Waals surface area contributed by atoms with Crippen LogP contribution in [0.2, 0.25) is 0 Å². The molecule has 1 aromatic heterocycles. The summed E-state index contributed by atoms with van der Waals surface area (Å²) in [6, 6.07) is 5.53. The summed E-state index contributed by atoms with van der Waals surface area (Å²) in [5.74, 6) is 0. The predicted octanol–water partition coefficient (Wildman–Crippen LogP) is 1.07. The van der Waals surface area contributed by atoms with Crippen LogP contribution in [0.4, 0.5) is 0 Å². The molecule has 0 bridgehead atoms. The minimum atomic E-state index is -0.0473. The molecule has 0 aliphatic rings. The average molecular weight is 218 g/mol. The summed E-state index contributed by atoms with van der Waals surface area (Å²) in [7, 11) is 1.89. The van der Waals surface area contributed by atoms with Gasteiger partial charge in [0.25, 0.3) is 0 Å². The molecule has 4 nitrogen and oxygen atoms in total. The fraction of sp³-hybridized carbons (Fsp3) is 0.250. The highest BCUT2D eigenvalue weighted by atomic mass is 16.3. The van der Waals surface area contributed by atoms with Crippen molar-refractivity contribution in [2.24, 2.45) is 7.05 Å². The van der Waals surface area contributed by atoms with Gasteiger partial charge in [-0.1, -0.05) is 18.2 Å². The summed E-state index contributed by atoms with van der Waals surface area (Å²) in [5, 5.41) is 18.6. The molecule has 0 saturated heterocycles. The quantitative estimate of drug-likeness (QED) is 0.810. The van der Waals surface area contributed by atoms with Gasteiger partial charge in [-0.05, 0) is 11.1 Å². The predicted molar refractivity (Wildman–Crippen MR) is 60.5 cm³/mol. The number of aliphatic hydroxyl groups is 2. The van der Waals surface area contributed by atoms with Crippen LogP contribution in [0.15, 0.2) is 30.7 Å². The Kier molecular flexibility index (Phi) is 3.03. The third kappa shape index (κ3) is 1.73. The van der Waals surface area contributed by atoms with E-state index < -0.39 is 0 Å². The number of hydrogen-bond donors (Lipinski definition) is 2. The summed E-state index contributed by atoms with van der Waals surface area (Å²) in [5.41, 5.74) is 3.37. The number of nitrogens with zero attached hydrogens (tertiary/aromatic N) is 2. The Bertz CT molecular complexity index is 469. The zero-order valence-corrected chi connectivity index (χ0v) is 9.09. The number of benzene rings is 1. The van der Waals surface area contributed by atoms with Crippen molar-refractivity contribution in [2.45, 2.75) is 13.2 Å². The van der Waals surface area contributed by atoms with Gasteiger partial charge in [0.1, 0.15) is 0 Å². The van der Waals surface area contributed by atoms with Crippen molar-refractivity contribution in [3.8, 4) is 11.3 Å². The Labute approximate surface area is 93.8 Å². The first-order valence-corrected chi connectivity index (χ1v) is 5.07. The lowest BCUT2D eigenvalue weighted by atomic mass is 9.99. The molecule has 0 fully saturated rings. The molecular formula is C12H14N2O2. The Morgan fingerprint density at radius 1 is 1.19 bits per heavy atom. The SMILES string of the molecule is Cn1cncc1-c1c(CO)cccc1CO. The molecule has 1 aromatic carbocycles. The van der Waals surface area contributed by atoms with Gasteiger partial charge in [-0.25, -0.2) is 4.98 Å². The lowest BCUT2D eigenvalue weighted by Crippen LogP contribution is -1.99. The first kappa shape index (κ1) is 10.9. The lowest BCUT2D eigenvalue weighted by Gasteiger charge is -2.12. The highest BCUT2D eigenvalue weighted by molar-refractivity contribution is 5.67. The molecular weight excluding hydrogens is 204 g/mol. The normalized spacial score (nSPS) is 10.7. The molecule has 16 heavy (non-hydrogen) atoms. The molecule has 0 saturated carbocycles. The van der Waals surface area contributed by atoms with E-state index in [1.54, 1.807) is 12.5 Å². The second kappa shape index (κ2) is 4.47. The van der Waals surface area contributed by atoms with E-state index in [0.29, 0.717) is 0 Å². The first-order chi connectivity index (χ1) is 7.77. The van der Waals surface area contributed by atoms with Crippen molar-refractivity contribution in [3.63, 3.8) is 0 Å². The van der Waals surface area contributed by atoms with Crippen LogP contribution in [0.25, 0.3) is 11.3 Å². The summed E-state index contributed by atoms with van der Waals surface area (Å²) < 4.78 is 1.87. The fourth-order valence-corrected chi connectivity index (χ4v) is 1.84. The smallest absolute Gasteiger partial charge is 0.0948 e. The van der Waals surface area contributed by atoms with Gasteiger partial charge < -0.3 is 14.8 Å². The molecule has 2 N–H and O–H groups in total. The second-order valence-electron chi connectivity index (χ2n) is 3.66. The Morgan fingerprint density at radius 3 is 2.25 bits per heavy atom. The highest BCUT2D eigenvalue weighted by Crippen LogP contribution is 2.27. The van der Waals surface area contributed by atoms with E-state index in [1.807, 2.05) is 29.8 Å². The zero-order chi connectivity index (χ0) is 11.5. The van der Waals surface area contributed by atoms with E-state index in [9.17, 15) is 10.2 Å². The zero-order valence-electron chi connectivity index (χ0n) is 9.09. The molecule has 4 heteroatoms. The second-order valence-corrected chi connectivity index (χ2v) is 3.66. The molecule has 2 rings (SSSR count). The third-order valence-electron chi connectivity index (χ3n) is 2.65. The van der Waals surface area contributed by atoms with Gasteiger partial charge in [-0.2, -0.15) is 0 Å². The first-order valence-electron chi connectivity index (χ1n) is 5.07. The maximum atomic E-state index is 9.32. The molecule has 2 aromatic rings. The number of aliphatic hydroxyl groups excluding tert-OH is 2. The van der Waals surface area contributed by atoms with E-state index in [4.69, 9.17) is 0 Å². The van der Waals surface area contributed by atoms with Crippen LogP contribution in [-0.2, 0) is 20.3 Å². The van der Waals surface area contributed by atoms with Crippen LogP contribution in [0.5, 0.6) is 0 Å². The van der Waals surface area contributed by atoms with Crippen LogP contribution in [-0.4, -0.2) is 19.8 Å². The summed E-state index contributed by atoms with van der Waals surface area (Å²) in [4.78, 5) is 4.05. The highest BCUT2D eigenvalue weighted by Gasteiger charge is 2.12. The van der Waals surface area contributed by atoms with Crippen molar-refractivity contribution < 1.29 is 10.2 Å². The van der Waals surface area contributed by atoms with E-state index >= 15 is 0 Å². The lowest BCUT2D eigenvalue weighted by molar-refractivity contribution is 0.276. The van der Waals surface area contributed by atoms with Crippen molar-refractivity contribution in [1.82, 2.24) is 9.55 Å². The topological polar surface area (TPSA) is 58.3 Å². The van der Waals surface area contributed by atoms with Crippen LogP contribution >= 0.6 is 0 Å². The van der Waals surface area contributed by atoms with Gasteiger partial charge in [0.05, 0.1) is 31.4 Å². The van der Waals surface area contributed by atoms with Crippen LogP contribution in [0.3, 0.4) is 0 Å². The molecule has 0 radical (unpaired) electrons. The molecule has 0 aliphatic carbocycles. The monoisotopic (exact) mass is 218 g/mol. The minimum Gasteiger partial charge on any atom is -0.392 e. The maximum absolute atomic E-state index is 9.32. The van der Waals surface area contributed by atoms with Gasteiger partial charge in [0, 0.05) is 12.6 Å². The van der Waals surface area contributed by atoms with E-state index in [-0.39, 0.29) is 13.2 Å². The van der Waals surface area contributed by atoms with Crippen molar-refractivity contribution >= 4 is 0 Å². The Morgan fingerprint density at radius 2 is 1.81 bits per heavy atom. The summed E-state index contributed by atoms with van der Waals surface area (Å²) >= 11 is 0. The summed E-state index contributed by atoms with van der Waals surface area (Å²) in [6.45, 7) is -0.0945. The Hall–Kier alpha value is -1.65. The van der Waals surface area contributed by atoms with Gasteiger partial charge in [-0.3, -0.25) is 0 Å². The van der Waals surface area contributed by atoms with Crippen LogP contribution in [0, 0.1) is 0 Å². The number of rotatable bonds is 3. The van der Waals surface area contributed by atoms with E-state index in [1.165, 1.54) is 0 Å². The van der Waals surface area contributed by atoms with E-state index in [0.717, 1.165) is 22.4 Å². The van der Waals surface area contributed by atoms with E-state index in [2.05, 4.69) is 4.98 Å². The standard InChI is InChI=1S/C12H14N2O2/c1-14-8-13-5-11(14)12-9(6-15)3-2-4-10(12)7-16/h2-5,8,15-16H,6-7H2,1H3. The van der Waals surface area contributed by atoms with Crippen molar-refractivity contribution in [2.75, 3.05) is 0 Å². The maximum Gasteiger partial charge on any atom is 0.0948 e. The molecule has 0 aliphatic heterocycles. The van der Waals surface area contributed by atoms with Gasteiger partial charge in [0.15, 0.2) is 0 Å². The number of aryl methyl sites for hydroxylation is 1. The minimum absolute atomic E-state index is 0.0473. The number of hydrogen-bond acceptors (Lipinski definition) is 3. The largest absolute Gasteiger partial charge is 0.392 e. The molecule has 0 amide bonds. The number of aromatic nitrogens is 2. The fourth-order valence-electron chi connectivity index (χ4n) is 1.84. The van der Waals surface area contributed by atoms with Crippen LogP contribution < -0.4 is 0 Å². The molecule has 0 spiro atoms. The van der Waals surface area contributed by atoms with Gasteiger partial charge >= 0.3 is 0 Å². The van der Waals surface area contributed by atoms with Crippen molar-refractivity contribution in [1.29, 1.82) is 0 Å². The molecule has 0 atom stereocenters. The van der Waals surface area contributed by atoms with Crippen LogP contribution in [0.1, 0.15) is 11.1 Å². The van der Waals surface area contributed by atoms with Gasteiger partial charge in [0.2, 0.25) is 0 Å². The average Bonchev–Trinajstić information content (AvgIpc) is 2.74. The Balaban J connectivity index is 2.66. The molecule has 0 unspecified atom stereocenters. The molecule has 84 valence electrons. The molecule has 1 heterocycles. The summed E-state index contributed by atoms with van der Waals surface area (Å²) in [6.07, 6.45) is 3.43. The number of imidazole rings is 1. The van der Waals surface area contributed by atoms with Crippen molar-refractivity contribution in [3.05, 3.63) is 41.9 Å².